The van der Waals surface area contributed by atoms with Crippen molar-refractivity contribution in [3.63, 3.8) is 0 Å². The average Bonchev–Trinajstić information content (AvgIpc) is 2.99. The van der Waals surface area contributed by atoms with Gasteiger partial charge in [-0.2, -0.15) is 0 Å². The summed E-state index contributed by atoms with van der Waals surface area (Å²) in [6, 6.07) is 26.3. The first-order chi connectivity index (χ1) is 10.4. The van der Waals surface area contributed by atoms with E-state index in [4.69, 9.17) is 9.47 Å². The number of ether oxygens (including phenoxy) is 2. The van der Waals surface area contributed by atoms with E-state index in [0.717, 1.165) is 22.6 Å². The third-order valence-electron chi connectivity index (χ3n) is 3.59. The van der Waals surface area contributed by atoms with Gasteiger partial charge < -0.3 is 9.47 Å². The third-order valence-corrected chi connectivity index (χ3v) is 3.59. The molecule has 4 rings (SSSR count). The van der Waals surface area contributed by atoms with Crippen molar-refractivity contribution < 1.29 is 9.47 Å². The van der Waals surface area contributed by atoms with Crippen LogP contribution in [0.5, 0.6) is 11.5 Å². The molecule has 21 heavy (non-hydrogen) atoms. The van der Waals surface area contributed by atoms with E-state index < -0.39 is 0 Å². The van der Waals surface area contributed by atoms with Crippen LogP contribution in [0.3, 0.4) is 0 Å². The number of rotatable bonds is 2. The van der Waals surface area contributed by atoms with E-state index in [-0.39, 0.29) is 6.29 Å². The Bertz CT molecular complexity index is 751. The lowest BCUT2D eigenvalue weighted by Gasteiger charge is -2.09. The summed E-state index contributed by atoms with van der Waals surface area (Å²) in [6.07, 6.45) is -0.354. The molecule has 3 aromatic rings. The molecule has 2 heteroatoms. The van der Waals surface area contributed by atoms with Gasteiger partial charge >= 0.3 is 0 Å². The summed E-state index contributed by atoms with van der Waals surface area (Å²) in [5.74, 6) is 1.59. The zero-order chi connectivity index (χ0) is 14.1. The van der Waals surface area contributed by atoms with Gasteiger partial charge in [0.1, 0.15) is 0 Å². The molecule has 0 amide bonds. The highest BCUT2D eigenvalue weighted by molar-refractivity contribution is 5.67. The van der Waals surface area contributed by atoms with Crippen molar-refractivity contribution in [1.82, 2.24) is 0 Å². The van der Waals surface area contributed by atoms with Gasteiger partial charge in [-0.25, -0.2) is 0 Å². The normalized spacial score (nSPS) is 15.9. The average molecular weight is 274 g/mol. The minimum atomic E-state index is -0.354. The zero-order valence-corrected chi connectivity index (χ0v) is 11.4. The van der Waals surface area contributed by atoms with Gasteiger partial charge in [0.25, 0.3) is 6.29 Å². The monoisotopic (exact) mass is 274 g/mol. The first-order valence-corrected chi connectivity index (χ1v) is 6.98. The van der Waals surface area contributed by atoms with Crippen LogP contribution < -0.4 is 9.47 Å². The van der Waals surface area contributed by atoms with E-state index in [2.05, 4.69) is 18.2 Å². The van der Waals surface area contributed by atoms with Gasteiger partial charge in [-0.05, 0) is 23.3 Å². The van der Waals surface area contributed by atoms with E-state index in [9.17, 15) is 0 Å². The smallest absolute Gasteiger partial charge is 0.267 e. The first kappa shape index (κ1) is 12.0. The molecule has 0 saturated heterocycles. The Morgan fingerprint density at radius 3 is 2.00 bits per heavy atom. The van der Waals surface area contributed by atoms with E-state index in [1.54, 1.807) is 0 Å². The Hall–Kier alpha value is -2.74. The summed E-state index contributed by atoms with van der Waals surface area (Å²) in [5, 5.41) is 0. The summed E-state index contributed by atoms with van der Waals surface area (Å²) in [5.41, 5.74) is 3.33. The molecule has 0 N–H and O–H groups in total. The molecule has 0 bridgehead atoms. The molecule has 0 radical (unpaired) electrons. The van der Waals surface area contributed by atoms with Crippen LogP contribution in [0.25, 0.3) is 11.1 Å². The standard InChI is InChI=1S/C19H14O2/c1-3-7-14(8-4-1)16-11-12-17-18(13-16)21-19(20-17)15-9-5-2-6-10-15/h1-13,19H. The predicted octanol–water partition coefficient (Wildman–Crippen LogP) is 4.82. The summed E-state index contributed by atoms with van der Waals surface area (Å²) >= 11 is 0. The van der Waals surface area contributed by atoms with E-state index in [1.165, 1.54) is 5.56 Å². The molecule has 0 saturated carbocycles. The molecule has 0 aromatic heterocycles. The Morgan fingerprint density at radius 1 is 0.571 bits per heavy atom. The molecule has 1 atom stereocenters. The van der Waals surface area contributed by atoms with Crippen LogP contribution in [-0.4, -0.2) is 0 Å². The van der Waals surface area contributed by atoms with Crippen LogP contribution in [0.15, 0.2) is 78.9 Å². The third kappa shape index (κ3) is 2.25. The molecule has 102 valence electrons. The largest absolute Gasteiger partial charge is 0.447 e. The Kier molecular flexibility index (Phi) is 2.86. The molecular weight excluding hydrogens is 260 g/mol. The van der Waals surface area contributed by atoms with Gasteiger partial charge in [-0.3, -0.25) is 0 Å². The zero-order valence-electron chi connectivity index (χ0n) is 11.4. The molecule has 0 spiro atoms. The second kappa shape index (κ2) is 4.98. The predicted molar refractivity (Wildman–Crippen MR) is 82.3 cm³/mol. The second-order valence-corrected chi connectivity index (χ2v) is 5.01. The topological polar surface area (TPSA) is 18.5 Å². The lowest BCUT2D eigenvalue weighted by Crippen LogP contribution is -2.07. The lowest BCUT2D eigenvalue weighted by molar-refractivity contribution is 0.0487. The van der Waals surface area contributed by atoms with Gasteiger partial charge in [0, 0.05) is 5.56 Å². The number of fused-ring (bicyclic) bond motifs is 1. The Morgan fingerprint density at radius 2 is 1.24 bits per heavy atom. The quantitative estimate of drug-likeness (QED) is 0.666. The summed E-state index contributed by atoms with van der Waals surface area (Å²) in [6.45, 7) is 0. The number of hydrogen-bond acceptors (Lipinski definition) is 2. The fourth-order valence-electron chi connectivity index (χ4n) is 2.51. The fraction of sp³-hybridized carbons (Fsp3) is 0.0526. The van der Waals surface area contributed by atoms with Crippen molar-refractivity contribution in [2.45, 2.75) is 6.29 Å². The van der Waals surface area contributed by atoms with E-state index in [1.807, 2.05) is 60.7 Å². The molecular formula is C19H14O2. The van der Waals surface area contributed by atoms with Crippen molar-refractivity contribution in [1.29, 1.82) is 0 Å². The highest BCUT2D eigenvalue weighted by Gasteiger charge is 2.25. The van der Waals surface area contributed by atoms with Crippen LogP contribution >= 0.6 is 0 Å². The first-order valence-electron chi connectivity index (χ1n) is 6.98. The number of hydrogen-bond donors (Lipinski definition) is 0. The van der Waals surface area contributed by atoms with Crippen molar-refractivity contribution >= 4 is 0 Å². The van der Waals surface area contributed by atoms with Crippen molar-refractivity contribution in [2.75, 3.05) is 0 Å². The molecule has 1 aliphatic rings. The van der Waals surface area contributed by atoms with Gasteiger partial charge in [0.05, 0.1) is 0 Å². The lowest BCUT2D eigenvalue weighted by atomic mass is 10.1. The maximum Gasteiger partial charge on any atom is 0.267 e. The highest BCUT2D eigenvalue weighted by Crippen LogP contribution is 2.42. The van der Waals surface area contributed by atoms with Crippen LogP contribution in [0.2, 0.25) is 0 Å². The minimum Gasteiger partial charge on any atom is -0.447 e. The molecule has 0 fully saturated rings. The van der Waals surface area contributed by atoms with Crippen molar-refractivity contribution in [3.8, 4) is 22.6 Å². The SMILES string of the molecule is c1ccc(-c2ccc3c(c2)OC(c2ccccc2)O3)cc1. The van der Waals surface area contributed by atoms with Crippen molar-refractivity contribution in [3.05, 3.63) is 84.4 Å². The molecule has 0 aliphatic carbocycles. The number of benzene rings is 3. The maximum atomic E-state index is 5.93. The molecule has 2 nitrogen and oxygen atoms in total. The van der Waals surface area contributed by atoms with Crippen molar-refractivity contribution in [2.24, 2.45) is 0 Å². The molecule has 1 heterocycles. The summed E-state index contributed by atoms with van der Waals surface area (Å²) in [7, 11) is 0. The molecule has 3 aromatic carbocycles. The highest BCUT2D eigenvalue weighted by atomic mass is 16.7. The van der Waals surface area contributed by atoms with Crippen LogP contribution in [0, 0.1) is 0 Å². The molecule has 1 aliphatic heterocycles. The van der Waals surface area contributed by atoms with Crippen LogP contribution in [-0.2, 0) is 0 Å². The van der Waals surface area contributed by atoms with Gasteiger partial charge in [0.15, 0.2) is 11.5 Å². The molecule has 1 unspecified atom stereocenters. The van der Waals surface area contributed by atoms with Crippen LogP contribution in [0.4, 0.5) is 0 Å². The van der Waals surface area contributed by atoms with Gasteiger partial charge in [0.2, 0.25) is 0 Å². The van der Waals surface area contributed by atoms with Crippen LogP contribution in [0.1, 0.15) is 11.9 Å². The van der Waals surface area contributed by atoms with Gasteiger partial charge in [-0.15, -0.1) is 0 Å². The fourth-order valence-corrected chi connectivity index (χ4v) is 2.51. The minimum absolute atomic E-state index is 0.354. The van der Waals surface area contributed by atoms with E-state index in [0.29, 0.717) is 0 Å². The summed E-state index contributed by atoms with van der Waals surface area (Å²) in [4.78, 5) is 0. The Labute approximate surface area is 123 Å². The second-order valence-electron chi connectivity index (χ2n) is 5.01. The van der Waals surface area contributed by atoms with E-state index >= 15 is 0 Å². The Balaban J connectivity index is 1.65. The summed E-state index contributed by atoms with van der Waals surface area (Å²) < 4.78 is 11.8. The van der Waals surface area contributed by atoms with Gasteiger partial charge in [-0.1, -0.05) is 66.7 Å². The maximum absolute atomic E-state index is 5.93.